The Balaban J connectivity index is 1.99. The van der Waals surface area contributed by atoms with Crippen molar-refractivity contribution in [1.82, 2.24) is 0 Å². The first-order valence-corrected chi connectivity index (χ1v) is 8.74. The van der Waals surface area contributed by atoms with Crippen LogP contribution in [0.25, 0.3) is 0 Å². The average molecular weight is 265 g/mol. The van der Waals surface area contributed by atoms with Gasteiger partial charge in [-0.1, -0.05) is 32.1 Å². The molecule has 1 heterocycles. The molecule has 0 radical (unpaired) electrons. The second-order valence-electron chi connectivity index (χ2n) is 5.38. The molecule has 94 valence electrons. The Morgan fingerprint density at radius 1 is 1.06 bits per heavy atom. The molecule has 4 heteroatoms. The summed E-state index contributed by atoms with van der Waals surface area (Å²) in [7, 11) is -2.75. The second kappa shape index (κ2) is 5.26. The van der Waals surface area contributed by atoms with Crippen LogP contribution in [0.4, 0.5) is 0 Å². The monoisotopic (exact) mass is 264 g/mol. The third kappa shape index (κ3) is 2.92. The van der Waals surface area contributed by atoms with Gasteiger partial charge in [0.25, 0.3) is 0 Å². The van der Waals surface area contributed by atoms with Gasteiger partial charge in [0.15, 0.2) is 9.84 Å². The Morgan fingerprint density at radius 3 is 2.25 bits per heavy atom. The van der Waals surface area contributed by atoms with Crippen LogP contribution in [0.3, 0.4) is 0 Å². The van der Waals surface area contributed by atoms with Gasteiger partial charge in [0.2, 0.25) is 0 Å². The van der Waals surface area contributed by atoms with Gasteiger partial charge >= 0.3 is 0 Å². The van der Waals surface area contributed by atoms with E-state index in [1.165, 1.54) is 32.1 Å². The molecule has 1 aliphatic carbocycles. The lowest BCUT2D eigenvalue weighted by atomic mass is 9.75. The summed E-state index contributed by atoms with van der Waals surface area (Å²) in [5, 5.41) is 0. The van der Waals surface area contributed by atoms with Gasteiger partial charge < -0.3 is 0 Å². The molecule has 16 heavy (non-hydrogen) atoms. The summed E-state index contributed by atoms with van der Waals surface area (Å²) in [5.41, 5.74) is 0. The van der Waals surface area contributed by atoms with E-state index in [0.717, 1.165) is 6.42 Å². The van der Waals surface area contributed by atoms with Crippen molar-refractivity contribution >= 4 is 21.4 Å². The minimum atomic E-state index is -2.75. The highest BCUT2D eigenvalue weighted by Gasteiger charge is 2.37. The highest BCUT2D eigenvalue weighted by molar-refractivity contribution is 7.91. The van der Waals surface area contributed by atoms with Gasteiger partial charge in [0.1, 0.15) is 0 Å². The van der Waals surface area contributed by atoms with Crippen molar-refractivity contribution in [3.63, 3.8) is 0 Å². The van der Waals surface area contributed by atoms with Gasteiger partial charge in [-0.15, -0.1) is 11.6 Å². The van der Waals surface area contributed by atoms with Crippen LogP contribution < -0.4 is 0 Å². The first-order chi connectivity index (χ1) is 7.62. The molecule has 2 aliphatic rings. The molecule has 2 fully saturated rings. The van der Waals surface area contributed by atoms with E-state index in [-0.39, 0.29) is 0 Å². The van der Waals surface area contributed by atoms with Crippen LogP contribution in [0.2, 0.25) is 0 Å². The van der Waals surface area contributed by atoms with Gasteiger partial charge in [-0.05, 0) is 24.2 Å². The molecule has 1 saturated heterocycles. The fourth-order valence-electron chi connectivity index (χ4n) is 3.36. The molecule has 0 N–H and O–H groups in total. The van der Waals surface area contributed by atoms with Crippen molar-refractivity contribution in [1.29, 1.82) is 0 Å². The van der Waals surface area contributed by atoms with E-state index >= 15 is 0 Å². The van der Waals surface area contributed by atoms with Crippen molar-refractivity contribution in [3.05, 3.63) is 0 Å². The highest BCUT2D eigenvalue weighted by Crippen LogP contribution is 2.38. The number of halogens is 1. The second-order valence-corrected chi connectivity index (χ2v) is 7.92. The first kappa shape index (κ1) is 12.7. The SMILES string of the molecule is O=S1(=O)CCC(C(CCl)C2CCCCC2)C1. The van der Waals surface area contributed by atoms with Crippen LogP contribution in [0.15, 0.2) is 0 Å². The molecule has 0 amide bonds. The molecule has 0 spiro atoms. The molecule has 0 aromatic carbocycles. The lowest BCUT2D eigenvalue weighted by molar-refractivity contribution is 0.209. The predicted octanol–water partition coefficient (Wildman–Crippen LogP) is 2.86. The van der Waals surface area contributed by atoms with Crippen molar-refractivity contribution in [2.75, 3.05) is 17.4 Å². The van der Waals surface area contributed by atoms with E-state index in [1.807, 2.05) is 0 Å². The highest BCUT2D eigenvalue weighted by atomic mass is 35.5. The number of hydrogen-bond donors (Lipinski definition) is 0. The maximum Gasteiger partial charge on any atom is 0.150 e. The summed E-state index contributed by atoms with van der Waals surface area (Å²) in [6, 6.07) is 0. The van der Waals surface area contributed by atoms with E-state index < -0.39 is 9.84 Å². The van der Waals surface area contributed by atoms with E-state index in [4.69, 9.17) is 11.6 Å². The molecule has 0 aromatic heterocycles. The Labute approximate surface area is 104 Å². The van der Waals surface area contributed by atoms with Crippen LogP contribution in [-0.4, -0.2) is 25.8 Å². The van der Waals surface area contributed by atoms with Crippen LogP contribution in [0, 0.1) is 17.8 Å². The maximum atomic E-state index is 11.5. The standard InChI is InChI=1S/C12H21ClO2S/c13-8-12(10-4-2-1-3-5-10)11-6-7-16(14,15)9-11/h10-12H,1-9H2. The van der Waals surface area contributed by atoms with Gasteiger partial charge in [0, 0.05) is 5.88 Å². The van der Waals surface area contributed by atoms with Gasteiger partial charge in [-0.3, -0.25) is 0 Å². The maximum absolute atomic E-state index is 11.5. The Bertz CT molecular complexity index is 320. The van der Waals surface area contributed by atoms with Crippen molar-refractivity contribution in [3.8, 4) is 0 Å². The van der Waals surface area contributed by atoms with E-state index in [9.17, 15) is 8.42 Å². The molecule has 2 rings (SSSR count). The van der Waals surface area contributed by atoms with E-state index in [2.05, 4.69) is 0 Å². The molecular weight excluding hydrogens is 244 g/mol. The molecule has 1 aliphatic heterocycles. The van der Waals surface area contributed by atoms with E-state index in [1.54, 1.807) is 0 Å². The smallest absolute Gasteiger partial charge is 0.150 e. The van der Waals surface area contributed by atoms with Gasteiger partial charge in [0.05, 0.1) is 11.5 Å². The van der Waals surface area contributed by atoms with Crippen LogP contribution in [-0.2, 0) is 9.84 Å². The predicted molar refractivity (Wildman–Crippen MR) is 67.5 cm³/mol. The van der Waals surface area contributed by atoms with Gasteiger partial charge in [-0.25, -0.2) is 8.42 Å². The third-order valence-corrected chi connectivity index (χ3v) is 6.46. The molecule has 1 saturated carbocycles. The third-order valence-electron chi connectivity index (χ3n) is 4.31. The number of rotatable bonds is 3. The first-order valence-electron chi connectivity index (χ1n) is 6.39. The molecular formula is C12H21ClO2S. The van der Waals surface area contributed by atoms with Crippen molar-refractivity contribution in [2.24, 2.45) is 17.8 Å². The number of sulfone groups is 1. The van der Waals surface area contributed by atoms with Crippen LogP contribution in [0.5, 0.6) is 0 Å². The number of hydrogen-bond acceptors (Lipinski definition) is 2. The Morgan fingerprint density at radius 2 is 1.75 bits per heavy atom. The minimum Gasteiger partial charge on any atom is -0.229 e. The van der Waals surface area contributed by atoms with E-state index in [0.29, 0.717) is 35.1 Å². The zero-order valence-corrected chi connectivity index (χ0v) is 11.3. The fourth-order valence-corrected chi connectivity index (χ4v) is 5.76. The average Bonchev–Trinajstić information content (AvgIpc) is 2.62. The summed E-state index contributed by atoms with van der Waals surface area (Å²) in [6.07, 6.45) is 7.31. The fraction of sp³-hybridized carbons (Fsp3) is 1.00. The molecule has 2 atom stereocenters. The molecule has 2 nitrogen and oxygen atoms in total. The summed E-state index contributed by atoms with van der Waals surface area (Å²) < 4.78 is 23.0. The lowest BCUT2D eigenvalue weighted by Gasteiger charge is -2.32. The van der Waals surface area contributed by atoms with Crippen LogP contribution in [0.1, 0.15) is 38.5 Å². The molecule has 2 unspecified atom stereocenters. The Kier molecular flexibility index (Phi) is 4.17. The summed E-state index contributed by atoms with van der Waals surface area (Å²) >= 11 is 6.08. The summed E-state index contributed by atoms with van der Waals surface area (Å²) in [5.74, 6) is 2.89. The van der Waals surface area contributed by atoms with Crippen molar-refractivity contribution in [2.45, 2.75) is 38.5 Å². The lowest BCUT2D eigenvalue weighted by Crippen LogP contribution is -2.27. The quantitative estimate of drug-likeness (QED) is 0.735. The Hall–Kier alpha value is 0.240. The zero-order valence-electron chi connectivity index (χ0n) is 9.70. The largest absolute Gasteiger partial charge is 0.229 e. The molecule has 0 aromatic rings. The van der Waals surface area contributed by atoms with Gasteiger partial charge in [-0.2, -0.15) is 0 Å². The normalized spacial score (nSPS) is 32.7. The molecule has 0 bridgehead atoms. The van der Waals surface area contributed by atoms with Crippen molar-refractivity contribution < 1.29 is 8.42 Å². The van der Waals surface area contributed by atoms with Crippen LogP contribution >= 0.6 is 11.6 Å². The topological polar surface area (TPSA) is 34.1 Å². The number of alkyl halides is 1. The minimum absolute atomic E-state index is 0.339. The zero-order chi connectivity index (χ0) is 11.6. The summed E-state index contributed by atoms with van der Waals surface area (Å²) in [6.45, 7) is 0. The summed E-state index contributed by atoms with van der Waals surface area (Å²) in [4.78, 5) is 0.